The van der Waals surface area contributed by atoms with Crippen molar-refractivity contribution in [1.29, 1.82) is 5.26 Å². The summed E-state index contributed by atoms with van der Waals surface area (Å²) in [5.41, 5.74) is 3.18. The van der Waals surface area contributed by atoms with E-state index in [9.17, 15) is 10.1 Å². The monoisotopic (exact) mass is 319 g/mol. The standard InChI is InChI=1S/C20H21N3O/c1-3-23(19-11-7-8-16(2)12-19)15-18(13-21)20(24)22-14-17-9-5-4-6-10-17/h4-12,15H,3,14H2,1-2H3,(H,22,24)/b18-15-. The number of rotatable bonds is 6. The second-order valence-electron chi connectivity index (χ2n) is 5.45. The highest BCUT2D eigenvalue weighted by Gasteiger charge is 2.11. The molecule has 0 spiro atoms. The van der Waals surface area contributed by atoms with E-state index in [-0.39, 0.29) is 11.5 Å². The van der Waals surface area contributed by atoms with E-state index in [4.69, 9.17) is 0 Å². The fourth-order valence-electron chi connectivity index (χ4n) is 2.32. The third-order valence-corrected chi connectivity index (χ3v) is 3.62. The zero-order valence-corrected chi connectivity index (χ0v) is 14.0. The molecule has 4 heteroatoms. The highest BCUT2D eigenvalue weighted by Crippen LogP contribution is 2.17. The van der Waals surface area contributed by atoms with Crippen molar-refractivity contribution >= 4 is 11.6 Å². The van der Waals surface area contributed by atoms with E-state index in [2.05, 4.69) is 5.32 Å². The molecular weight excluding hydrogens is 298 g/mol. The van der Waals surface area contributed by atoms with Crippen LogP contribution in [0.3, 0.4) is 0 Å². The molecule has 122 valence electrons. The first-order chi connectivity index (χ1) is 11.6. The van der Waals surface area contributed by atoms with E-state index in [1.165, 1.54) is 0 Å². The molecule has 4 nitrogen and oxygen atoms in total. The van der Waals surface area contributed by atoms with Crippen LogP contribution >= 0.6 is 0 Å². The molecule has 0 saturated heterocycles. The topological polar surface area (TPSA) is 56.1 Å². The second kappa shape index (κ2) is 8.54. The SMILES string of the molecule is CCN(/C=C(/C#N)C(=O)NCc1ccccc1)c1cccc(C)c1. The smallest absolute Gasteiger partial charge is 0.263 e. The molecule has 2 aromatic rings. The average molecular weight is 319 g/mol. The van der Waals surface area contributed by atoms with Gasteiger partial charge in [0, 0.05) is 25.0 Å². The molecule has 24 heavy (non-hydrogen) atoms. The van der Waals surface area contributed by atoms with Gasteiger partial charge >= 0.3 is 0 Å². The van der Waals surface area contributed by atoms with Gasteiger partial charge < -0.3 is 10.2 Å². The molecule has 1 amide bonds. The molecule has 1 N–H and O–H groups in total. The Morgan fingerprint density at radius 3 is 2.58 bits per heavy atom. The fourth-order valence-corrected chi connectivity index (χ4v) is 2.32. The van der Waals surface area contributed by atoms with E-state index in [1.54, 1.807) is 6.20 Å². The Morgan fingerprint density at radius 1 is 1.21 bits per heavy atom. The first-order valence-corrected chi connectivity index (χ1v) is 7.91. The Labute approximate surface area is 143 Å². The van der Waals surface area contributed by atoms with Gasteiger partial charge in [-0.05, 0) is 37.1 Å². The quantitative estimate of drug-likeness (QED) is 0.654. The van der Waals surface area contributed by atoms with Crippen LogP contribution in [-0.4, -0.2) is 12.5 Å². The number of nitrogens with one attached hydrogen (secondary N) is 1. The lowest BCUT2D eigenvalue weighted by Gasteiger charge is -2.19. The molecule has 0 aromatic heterocycles. The van der Waals surface area contributed by atoms with Gasteiger partial charge in [-0.15, -0.1) is 0 Å². The Hall–Kier alpha value is -3.06. The van der Waals surface area contributed by atoms with Crippen molar-refractivity contribution in [2.24, 2.45) is 0 Å². The summed E-state index contributed by atoms with van der Waals surface area (Å²) in [5, 5.41) is 12.1. The van der Waals surface area contributed by atoms with E-state index >= 15 is 0 Å². The largest absolute Gasteiger partial charge is 0.347 e. The van der Waals surface area contributed by atoms with Crippen LogP contribution in [0.1, 0.15) is 18.1 Å². The van der Waals surface area contributed by atoms with Gasteiger partial charge in [0.25, 0.3) is 5.91 Å². The third-order valence-electron chi connectivity index (χ3n) is 3.62. The minimum Gasteiger partial charge on any atom is -0.347 e. The predicted molar refractivity (Wildman–Crippen MR) is 96.2 cm³/mol. The van der Waals surface area contributed by atoms with Gasteiger partial charge in [0.05, 0.1) is 0 Å². The van der Waals surface area contributed by atoms with Crippen molar-refractivity contribution in [3.63, 3.8) is 0 Å². The molecule has 2 rings (SSSR count). The van der Waals surface area contributed by atoms with Crippen molar-refractivity contribution in [1.82, 2.24) is 5.32 Å². The van der Waals surface area contributed by atoms with Crippen molar-refractivity contribution in [3.8, 4) is 6.07 Å². The number of nitrogens with zero attached hydrogens (tertiary/aromatic N) is 2. The minimum absolute atomic E-state index is 0.0919. The van der Waals surface area contributed by atoms with Crippen molar-refractivity contribution < 1.29 is 4.79 Å². The van der Waals surface area contributed by atoms with E-state index in [0.29, 0.717) is 13.1 Å². The van der Waals surface area contributed by atoms with Crippen LogP contribution in [0.2, 0.25) is 0 Å². The van der Waals surface area contributed by atoms with Crippen LogP contribution in [0.25, 0.3) is 0 Å². The van der Waals surface area contributed by atoms with Crippen LogP contribution in [0.4, 0.5) is 5.69 Å². The number of amides is 1. The Balaban J connectivity index is 2.11. The van der Waals surface area contributed by atoms with Gasteiger partial charge in [-0.25, -0.2) is 0 Å². The maximum atomic E-state index is 12.3. The molecule has 0 aliphatic heterocycles. The normalized spacial score (nSPS) is 10.8. The first kappa shape index (κ1) is 17.3. The van der Waals surface area contributed by atoms with Gasteiger partial charge in [-0.3, -0.25) is 4.79 Å². The first-order valence-electron chi connectivity index (χ1n) is 7.91. The highest BCUT2D eigenvalue weighted by atomic mass is 16.1. The number of carbonyl (C=O) groups excluding carboxylic acids is 1. The number of benzene rings is 2. The summed E-state index contributed by atoms with van der Waals surface area (Å²) >= 11 is 0. The summed E-state index contributed by atoms with van der Waals surface area (Å²) in [4.78, 5) is 14.2. The summed E-state index contributed by atoms with van der Waals surface area (Å²) in [5.74, 6) is -0.368. The molecule has 0 bridgehead atoms. The van der Waals surface area contributed by atoms with Gasteiger partial charge in [0.15, 0.2) is 0 Å². The van der Waals surface area contributed by atoms with E-state index < -0.39 is 0 Å². The molecule has 2 aromatic carbocycles. The number of anilines is 1. The maximum Gasteiger partial charge on any atom is 0.263 e. The van der Waals surface area contributed by atoms with Crippen molar-refractivity contribution in [2.75, 3.05) is 11.4 Å². The lowest BCUT2D eigenvalue weighted by atomic mass is 10.2. The average Bonchev–Trinajstić information content (AvgIpc) is 2.61. The van der Waals surface area contributed by atoms with Gasteiger partial charge in [-0.1, -0.05) is 42.5 Å². The van der Waals surface area contributed by atoms with Crippen LogP contribution in [0, 0.1) is 18.3 Å². The Bertz CT molecular complexity index is 760. The summed E-state index contributed by atoms with van der Waals surface area (Å²) in [7, 11) is 0. The number of hydrogen-bond acceptors (Lipinski definition) is 3. The summed E-state index contributed by atoms with van der Waals surface area (Å²) < 4.78 is 0. The third kappa shape index (κ3) is 4.72. The number of hydrogen-bond donors (Lipinski definition) is 1. The summed E-state index contributed by atoms with van der Waals surface area (Å²) in [6, 6.07) is 19.6. The number of aryl methyl sites for hydroxylation is 1. The zero-order valence-electron chi connectivity index (χ0n) is 14.0. The number of nitriles is 1. The molecule has 0 fully saturated rings. The minimum atomic E-state index is -0.368. The van der Waals surface area contributed by atoms with E-state index in [0.717, 1.165) is 16.8 Å². The zero-order chi connectivity index (χ0) is 17.4. The number of carbonyl (C=O) groups is 1. The highest BCUT2D eigenvalue weighted by molar-refractivity contribution is 5.97. The Kier molecular flexibility index (Phi) is 6.16. The molecule has 0 unspecified atom stereocenters. The summed E-state index contributed by atoms with van der Waals surface area (Å²) in [6.45, 7) is 5.06. The van der Waals surface area contributed by atoms with Gasteiger partial charge in [-0.2, -0.15) is 5.26 Å². The van der Waals surface area contributed by atoms with Crippen LogP contribution in [-0.2, 0) is 11.3 Å². The van der Waals surface area contributed by atoms with Gasteiger partial charge in [0.1, 0.15) is 11.6 Å². The molecule has 0 radical (unpaired) electrons. The molecule has 0 atom stereocenters. The fraction of sp³-hybridized carbons (Fsp3) is 0.200. The lowest BCUT2D eigenvalue weighted by molar-refractivity contribution is -0.117. The molecule has 0 aliphatic rings. The molecular formula is C20H21N3O. The van der Waals surface area contributed by atoms with Crippen LogP contribution in [0.5, 0.6) is 0 Å². The maximum absolute atomic E-state index is 12.3. The lowest BCUT2D eigenvalue weighted by Crippen LogP contribution is -2.26. The molecule has 0 heterocycles. The van der Waals surface area contributed by atoms with Crippen LogP contribution in [0.15, 0.2) is 66.4 Å². The van der Waals surface area contributed by atoms with Crippen molar-refractivity contribution in [3.05, 3.63) is 77.5 Å². The predicted octanol–water partition coefficient (Wildman–Crippen LogP) is 3.55. The molecule has 0 aliphatic carbocycles. The summed E-state index contributed by atoms with van der Waals surface area (Å²) in [6.07, 6.45) is 1.61. The van der Waals surface area contributed by atoms with Crippen molar-refractivity contribution in [2.45, 2.75) is 20.4 Å². The van der Waals surface area contributed by atoms with Crippen LogP contribution < -0.4 is 10.2 Å². The Morgan fingerprint density at radius 2 is 1.96 bits per heavy atom. The second-order valence-corrected chi connectivity index (χ2v) is 5.45. The van der Waals surface area contributed by atoms with Gasteiger partial charge in [0.2, 0.25) is 0 Å². The molecule has 0 saturated carbocycles. The van der Waals surface area contributed by atoms with E-state index in [1.807, 2.05) is 79.4 Å².